The van der Waals surface area contributed by atoms with Crippen LogP contribution in [0.25, 0.3) is 0 Å². The number of amides is 1. The quantitative estimate of drug-likeness (QED) is 0.781. The van der Waals surface area contributed by atoms with Gasteiger partial charge in [0.15, 0.2) is 0 Å². The van der Waals surface area contributed by atoms with Gasteiger partial charge in [0.25, 0.3) is 5.91 Å². The van der Waals surface area contributed by atoms with E-state index in [-0.39, 0.29) is 5.91 Å². The molecular weight excluding hydrogens is 277 g/mol. The molecule has 0 saturated carbocycles. The molecule has 0 heterocycles. The van der Waals surface area contributed by atoms with Gasteiger partial charge in [-0.25, -0.2) is 0 Å². The van der Waals surface area contributed by atoms with Crippen molar-refractivity contribution >= 4 is 33.4 Å². The van der Waals surface area contributed by atoms with E-state index < -0.39 is 0 Å². The van der Waals surface area contributed by atoms with E-state index in [1.54, 1.807) is 36.2 Å². The highest BCUT2D eigenvalue weighted by molar-refractivity contribution is 9.10. The van der Waals surface area contributed by atoms with Gasteiger partial charge >= 0.3 is 0 Å². The first-order valence-corrected chi connectivity index (χ1v) is 5.54. The van der Waals surface area contributed by atoms with Gasteiger partial charge in [-0.05, 0) is 18.2 Å². The maximum absolute atomic E-state index is 11.9. The molecule has 1 aromatic carbocycles. The second kappa shape index (κ2) is 5.33. The van der Waals surface area contributed by atoms with Gasteiger partial charge in [-0.15, -0.1) is 6.58 Å². The molecule has 0 bridgehead atoms. The van der Waals surface area contributed by atoms with Crippen LogP contribution in [-0.2, 0) is 0 Å². The van der Waals surface area contributed by atoms with Crippen LogP contribution in [0.2, 0.25) is 5.02 Å². The molecule has 0 saturated heterocycles. The Hall–Kier alpha value is -0.800. The van der Waals surface area contributed by atoms with Crippen LogP contribution in [0.5, 0.6) is 0 Å². The van der Waals surface area contributed by atoms with E-state index in [1.165, 1.54) is 0 Å². The second-order valence-electron chi connectivity index (χ2n) is 3.10. The molecule has 0 fully saturated rings. The van der Waals surface area contributed by atoms with Gasteiger partial charge in [-0.1, -0.05) is 33.6 Å². The Labute approximate surface area is 103 Å². The van der Waals surface area contributed by atoms with Gasteiger partial charge in [0.2, 0.25) is 0 Å². The van der Waals surface area contributed by atoms with Crippen LogP contribution in [0.4, 0.5) is 0 Å². The maximum Gasteiger partial charge on any atom is 0.255 e. The fourth-order valence-electron chi connectivity index (χ4n) is 1.14. The minimum Gasteiger partial charge on any atom is -0.338 e. The number of carbonyl (C=O) groups is 1. The molecule has 15 heavy (non-hydrogen) atoms. The predicted molar refractivity (Wildman–Crippen MR) is 66.3 cm³/mol. The highest BCUT2D eigenvalue weighted by Crippen LogP contribution is 2.22. The summed E-state index contributed by atoms with van der Waals surface area (Å²) in [6, 6.07) is 5.21. The Morgan fingerprint density at radius 3 is 2.93 bits per heavy atom. The van der Waals surface area contributed by atoms with E-state index in [0.29, 0.717) is 17.1 Å². The second-order valence-corrected chi connectivity index (χ2v) is 4.42. The van der Waals surface area contributed by atoms with Gasteiger partial charge in [0.1, 0.15) is 0 Å². The van der Waals surface area contributed by atoms with Gasteiger partial charge < -0.3 is 4.90 Å². The number of rotatable bonds is 3. The molecule has 80 valence electrons. The van der Waals surface area contributed by atoms with E-state index in [9.17, 15) is 4.79 Å². The van der Waals surface area contributed by atoms with Gasteiger partial charge in [-0.2, -0.15) is 0 Å². The number of benzene rings is 1. The summed E-state index contributed by atoms with van der Waals surface area (Å²) >= 11 is 9.24. The number of halogens is 2. The van der Waals surface area contributed by atoms with Crippen LogP contribution in [0, 0.1) is 0 Å². The molecule has 2 nitrogen and oxygen atoms in total. The van der Waals surface area contributed by atoms with Crippen molar-refractivity contribution in [3.63, 3.8) is 0 Å². The average molecular weight is 289 g/mol. The zero-order valence-corrected chi connectivity index (χ0v) is 10.7. The minimum absolute atomic E-state index is 0.110. The summed E-state index contributed by atoms with van der Waals surface area (Å²) in [6.45, 7) is 4.08. The molecule has 1 amide bonds. The maximum atomic E-state index is 11.9. The number of hydrogen-bond donors (Lipinski definition) is 0. The van der Waals surface area contributed by atoms with Crippen molar-refractivity contribution in [1.29, 1.82) is 0 Å². The normalized spacial score (nSPS) is 9.80. The van der Waals surface area contributed by atoms with Crippen LogP contribution in [-0.4, -0.2) is 24.4 Å². The van der Waals surface area contributed by atoms with Gasteiger partial charge in [0.05, 0.1) is 10.6 Å². The molecule has 0 radical (unpaired) electrons. The minimum atomic E-state index is -0.110. The zero-order chi connectivity index (χ0) is 11.4. The fourth-order valence-corrected chi connectivity index (χ4v) is 1.70. The van der Waals surface area contributed by atoms with Crippen LogP contribution in [0.3, 0.4) is 0 Å². The lowest BCUT2D eigenvalue weighted by molar-refractivity contribution is 0.0810. The molecule has 0 aliphatic heterocycles. The summed E-state index contributed by atoms with van der Waals surface area (Å²) in [6.07, 6.45) is 1.67. The molecule has 0 atom stereocenters. The first kappa shape index (κ1) is 12.3. The van der Waals surface area contributed by atoms with Crippen molar-refractivity contribution in [2.24, 2.45) is 0 Å². The van der Waals surface area contributed by atoms with Crippen molar-refractivity contribution in [2.45, 2.75) is 0 Å². The van der Waals surface area contributed by atoms with Crippen molar-refractivity contribution in [2.75, 3.05) is 13.6 Å². The molecule has 1 rings (SSSR count). The van der Waals surface area contributed by atoms with E-state index >= 15 is 0 Å². The van der Waals surface area contributed by atoms with Gasteiger partial charge in [0, 0.05) is 18.1 Å². The topological polar surface area (TPSA) is 20.3 Å². The fraction of sp³-hybridized carbons (Fsp3) is 0.182. The summed E-state index contributed by atoms with van der Waals surface area (Å²) < 4.78 is 0.835. The summed E-state index contributed by atoms with van der Waals surface area (Å²) in [5.74, 6) is -0.110. The smallest absolute Gasteiger partial charge is 0.255 e. The predicted octanol–water partition coefficient (Wildman–Crippen LogP) is 3.36. The monoisotopic (exact) mass is 287 g/mol. The van der Waals surface area contributed by atoms with Gasteiger partial charge in [-0.3, -0.25) is 4.79 Å². The lowest BCUT2D eigenvalue weighted by Gasteiger charge is -2.15. The van der Waals surface area contributed by atoms with Crippen molar-refractivity contribution < 1.29 is 4.79 Å². The number of likely N-dealkylation sites (N-methyl/N-ethyl adjacent to an activating group) is 1. The molecule has 0 aliphatic carbocycles. The lowest BCUT2D eigenvalue weighted by atomic mass is 10.2. The molecule has 0 unspecified atom stereocenters. The Balaban J connectivity index is 2.99. The molecular formula is C11H11BrClNO. The van der Waals surface area contributed by atoms with Crippen LogP contribution >= 0.6 is 27.5 Å². The van der Waals surface area contributed by atoms with Crippen LogP contribution < -0.4 is 0 Å². The summed E-state index contributed by atoms with van der Waals surface area (Å²) in [4.78, 5) is 13.4. The molecule has 1 aromatic rings. The van der Waals surface area contributed by atoms with Crippen LogP contribution in [0.1, 0.15) is 10.4 Å². The summed E-state index contributed by atoms with van der Waals surface area (Å²) in [7, 11) is 1.71. The van der Waals surface area contributed by atoms with E-state index in [1.807, 2.05) is 0 Å². The first-order valence-electron chi connectivity index (χ1n) is 4.37. The summed E-state index contributed by atoms with van der Waals surface area (Å²) in [5, 5.41) is 0.458. The average Bonchev–Trinajstić information content (AvgIpc) is 2.21. The molecule has 0 aromatic heterocycles. The third kappa shape index (κ3) is 3.08. The third-order valence-corrected chi connectivity index (χ3v) is 2.73. The molecule has 0 spiro atoms. The van der Waals surface area contributed by atoms with Crippen molar-refractivity contribution in [3.05, 3.63) is 45.9 Å². The highest BCUT2D eigenvalue weighted by atomic mass is 79.9. The zero-order valence-electron chi connectivity index (χ0n) is 8.34. The Morgan fingerprint density at radius 1 is 1.67 bits per heavy atom. The standard InChI is InChI=1S/C11H11BrClNO/c1-3-6-14(2)11(15)9-7-8(12)4-5-10(9)13/h3-5,7H,1,6H2,2H3. The first-order chi connectivity index (χ1) is 7.06. The Bertz CT molecular complexity index is 392. The lowest BCUT2D eigenvalue weighted by Crippen LogP contribution is -2.26. The Kier molecular flexibility index (Phi) is 4.36. The molecule has 0 aliphatic rings. The summed E-state index contributed by atoms with van der Waals surface area (Å²) in [5.41, 5.74) is 0.496. The Morgan fingerprint density at radius 2 is 2.33 bits per heavy atom. The molecule has 4 heteroatoms. The third-order valence-electron chi connectivity index (χ3n) is 1.91. The van der Waals surface area contributed by atoms with E-state index in [4.69, 9.17) is 11.6 Å². The number of nitrogens with zero attached hydrogens (tertiary/aromatic N) is 1. The van der Waals surface area contributed by atoms with Crippen molar-refractivity contribution in [3.8, 4) is 0 Å². The molecule has 0 N–H and O–H groups in total. The SMILES string of the molecule is C=CCN(C)C(=O)c1cc(Br)ccc1Cl. The largest absolute Gasteiger partial charge is 0.338 e. The van der Waals surface area contributed by atoms with E-state index in [0.717, 1.165) is 4.47 Å². The number of carbonyl (C=O) groups excluding carboxylic acids is 1. The number of hydrogen-bond acceptors (Lipinski definition) is 1. The van der Waals surface area contributed by atoms with Crippen molar-refractivity contribution in [1.82, 2.24) is 4.90 Å². The van der Waals surface area contributed by atoms with E-state index in [2.05, 4.69) is 22.5 Å². The highest BCUT2D eigenvalue weighted by Gasteiger charge is 2.14. The van der Waals surface area contributed by atoms with Crippen LogP contribution in [0.15, 0.2) is 35.3 Å².